The molecular weight excluding hydrogens is 312 g/mol. The zero-order valence-electron chi connectivity index (χ0n) is 17.3. The smallest absolute Gasteiger partial charge is 0.191 e. The molecule has 1 aliphatic rings. The third-order valence-corrected chi connectivity index (χ3v) is 11.1. The molecule has 24 heavy (non-hydrogen) atoms. The molecule has 0 spiro atoms. The van der Waals surface area contributed by atoms with Crippen LogP contribution in [0.1, 0.15) is 60.8 Å². The van der Waals surface area contributed by atoms with Crippen molar-refractivity contribution in [2.45, 2.75) is 78.9 Å². The number of hydrogen-bond donors (Lipinski definition) is 0. The largest absolute Gasteiger partial charge is 0.417 e. The van der Waals surface area contributed by atoms with Gasteiger partial charge in [-0.05, 0) is 54.6 Å². The van der Waals surface area contributed by atoms with E-state index in [9.17, 15) is 4.79 Å². The van der Waals surface area contributed by atoms with Gasteiger partial charge in [0, 0.05) is 18.9 Å². The molecule has 0 aromatic heterocycles. The summed E-state index contributed by atoms with van der Waals surface area (Å²) in [6.45, 7) is 23.0. The minimum absolute atomic E-state index is 0.199. The predicted octanol–water partition coefficient (Wildman–Crippen LogP) is 6.09. The van der Waals surface area contributed by atoms with E-state index in [1.165, 1.54) is 0 Å². The van der Waals surface area contributed by atoms with Gasteiger partial charge >= 0.3 is 0 Å². The number of hydrogen-bond acceptors (Lipinski definition) is 2. The Kier molecular flexibility index (Phi) is 7.49. The van der Waals surface area contributed by atoms with Crippen molar-refractivity contribution in [1.82, 2.24) is 0 Å². The summed E-state index contributed by atoms with van der Waals surface area (Å²) in [5.41, 5.74) is 0. The van der Waals surface area contributed by atoms with Crippen LogP contribution in [0, 0.1) is 29.6 Å². The molecule has 0 aromatic rings. The lowest BCUT2D eigenvalue weighted by Gasteiger charge is -2.43. The zero-order chi connectivity index (χ0) is 18.7. The fourth-order valence-electron chi connectivity index (χ4n) is 3.67. The summed E-state index contributed by atoms with van der Waals surface area (Å²) in [5, 5.41) is 0.241. The van der Waals surface area contributed by atoms with Crippen molar-refractivity contribution in [3.05, 3.63) is 12.7 Å². The van der Waals surface area contributed by atoms with Crippen LogP contribution in [0.4, 0.5) is 0 Å². The van der Waals surface area contributed by atoms with Gasteiger partial charge in [-0.25, -0.2) is 0 Å². The van der Waals surface area contributed by atoms with Gasteiger partial charge in [0.25, 0.3) is 0 Å². The van der Waals surface area contributed by atoms with Crippen molar-refractivity contribution in [3.8, 4) is 0 Å². The molecule has 1 aliphatic carbocycles. The van der Waals surface area contributed by atoms with Gasteiger partial charge in [-0.3, -0.25) is 4.79 Å². The van der Waals surface area contributed by atoms with Gasteiger partial charge in [-0.1, -0.05) is 47.6 Å². The Balaban J connectivity index is 2.92. The first kappa shape index (κ1) is 21.6. The molecule has 0 heterocycles. The maximum absolute atomic E-state index is 12.2. The van der Waals surface area contributed by atoms with E-state index in [0.29, 0.717) is 29.5 Å². The average Bonchev–Trinajstić information content (AvgIpc) is 2.42. The SMILES string of the molecule is C=CC[C@@H]1CC(=O)[C@@H](C)C[C@H]1C(CO[Si](C)(C)C(C)(C)C)C(C)C. The van der Waals surface area contributed by atoms with Crippen LogP contribution in [0.2, 0.25) is 18.1 Å². The van der Waals surface area contributed by atoms with E-state index in [1.54, 1.807) is 0 Å². The van der Waals surface area contributed by atoms with Gasteiger partial charge in [0.1, 0.15) is 5.78 Å². The molecule has 0 N–H and O–H groups in total. The molecule has 4 atom stereocenters. The number of Topliss-reactive ketones (excluding diaryl/α,β-unsaturated/α-hetero) is 1. The summed E-state index contributed by atoms with van der Waals surface area (Å²) in [6, 6.07) is 0. The van der Waals surface area contributed by atoms with Crippen molar-refractivity contribution in [3.63, 3.8) is 0 Å². The first-order chi connectivity index (χ1) is 10.9. The molecule has 3 heteroatoms. The van der Waals surface area contributed by atoms with Crippen LogP contribution in [0.15, 0.2) is 12.7 Å². The first-order valence-corrected chi connectivity index (χ1v) is 12.6. The molecule has 0 saturated heterocycles. The van der Waals surface area contributed by atoms with Crippen LogP contribution < -0.4 is 0 Å². The second-order valence-electron chi connectivity index (χ2n) is 9.73. The fraction of sp³-hybridized carbons (Fsp3) is 0.857. The van der Waals surface area contributed by atoms with Crippen LogP contribution >= 0.6 is 0 Å². The van der Waals surface area contributed by atoms with E-state index in [4.69, 9.17) is 4.43 Å². The van der Waals surface area contributed by atoms with Gasteiger partial charge in [-0.2, -0.15) is 0 Å². The van der Waals surface area contributed by atoms with Gasteiger partial charge in [0.15, 0.2) is 8.32 Å². The normalized spacial score (nSPS) is 27.4. The van der Waals surface area contributed by atoms with Crippen LogP contribution in [-0.4, -0.2) is 20.7 Å². The minimum atomic E-state index is -1.74. The number of carbonyl (C=O) groups excluding carboxylic acids is 1. The highest BCUT2D eigenvalue weighted by Gasteiger charge is 2.41. The van der Waals surface area contributed by atoms with Crippen LogP contribution in [0.5, 0.6) is 0 Å². The first-order valence-electron chi connectivity index (χ1n) is 9.68. The Morgan fingerprint density at radius 3 is 2.38 bits per heavy atom. The standard InChI is InChI=1S/C21H40O2Si/c1-10-11-17-13-20(22)16(4)12-18(17)19(15(2)3)14-23-24(8,9)21(5,6)7/h10,15-19H,1,11-14H2,2-9H3/t16-,17+,18+,19?/m0/s1. The molecule has 1 fully saturated rings. The fourth-order valence-corrected chi connectivity index (χ4v) is 4.71. The van der Waals surface area contributed by atoms with E-state index in [2.05, 4.69) is 61.2 Å². The molecule has 140 valence electrons. The van der Waals surface area contributed by atoms with Crippen LogP contribution in [-0.2, 0) is 9.22 Å². The lowest BCUT2D eigenvalue weighted by molar-refractivity contribution is -0.128. The summed E-state index contributed by atoms with van der Waals surface area (Å²) in [4.78, 5) is 12.2. The average molecular weight is 353 g/mol. The molecule has 0 bridgehead atoms. The van der Waals surface area contributed by atoms with E-state index in [-0.39, 0.29) is 11.0 Å². The lowest BCUT2D eigenvalue weighted by atomic mass is 9.65. The Morgan fingerprint density at radius 1 is 1.33 bits per heavy atom. The molecule has 0 amide bonds. The molecule has 0 aliphatic heterocycles. The van der Waals surface area contributed by atoms with E-state index < -0.39 is 8.32 Å². The maximum Gasteiger partial charge on any atom is 0.191 e. The third kappa shape index (κ3) is 5.29. The molecule has 2 nitrogen and oxygen atoms in total. The zero-order valence-corrected chi connectivity index (χ0v) is 18.3. The van der Waals surface area contributed by atoms with E-state index in [0.717, 1.165) is 25.9 Å². The summed E-state index contributed by atoms with van der Waals surface area (Å²) >= 11 is 0. The maximum atomic E-state index is 12.2. The van der Waals surface area contributed by atoms with Crippen molar-refractivity contribution < 1.29 is 9.22 Å². The molecule has 1 saturated carbocycles. The van der Waals surface area contributed by atoms with E-state index in [1.807, 2.05) is 6.08 Å². The monoisotopic (exact) mass is 352 g/mol. The predicted molar refractivity (Wildman–Crippen MR) is 107 cm³/mol. The van der Waals surface area contributed by atoms with Gasteiger partial charge < -0.3 is 4.43 Å². The topological polar surface area (TPSA) is 26.3 Å². The Bertz CT molecular complexity index is 434. The summed E-state index contributed by atoms with van der Waals surface area (Å²) in [7, 11) is -1.74. The number of carbonyl (C=O) groups is 1. The third-order valence-electron chi connectivity index (χ3n) is 6.56. The van der Waals surface area contributed by atoms with Gasteiger partial charge in [-0.15, -0.1) is 6.58 Å². The highest BCUT2D eigenvalue weighted by atomic mass is 28.4. The highest BCUT2D eigenvalue weighted by molar-refractivity contribution is 6.74. The summed E-state index contributed by atoms with van der Waals surface area (Å²) in [5.74, 6) is 2.75. The Hall–Kier alpha value is -0.413. The molecule has 0 aromatic carbocycles. The summed E-state index contributed by atoms with van der Waals surface area (Å²) in [6.07, 6.45) is 4.68. The Labute approximate surface area is 151 Å². The van der Waals surface area contributed by atoms with E-state index >= 15 is 0 Å². The number of rotatable bonds is 7. The second-order valence-corrected chi connectivity index (χ2v) is 14.5. The second kappa shape index (κ2) is 8.31. The molecular formula is C21H40O2Si. The lowest BCUT2D eigenvalue weighted by Crippen LogP contribution is -2.45. The molecule has 1 rings (SSSR count). The Morgan fingerprint density at radius 2 is 1.92 bits per heavy atom. The number of allylic oxidation sites excluding steroid dienone is 1. The van der Waals surface area contributed by atoms with Crippen LogP contribution in [0.25, 0.3) is 0 Å². The summed E-state index contributed by atoms with van der Waals surface area (Å²) < 4.78 is 6.59. The van der Waals surface area contributed by atoms with Gasteiger partial charge in [0.2, 0.25) is 0 Å². The van der Waals surface area contributed by atoms with Crippen molar-refractivity contribution >= 4 is 14.1 Å². The van der Waals surface area contributed by atoms with Crippen molar-refractivity contribution in [1.29, 1.82) is 0 Å². The molecule has 0 radical (unpaired) electrons. The van der Waals surface area contributed by atoms with Crippen molar-refractivity contribution in [2.75, 3.05) is 6.61 Å². The van der Waals surface area contributed by atoms with Crippen LogP contribution in [0.3, 0.4) is 0 Å². The highest BCUT2D eigenvalue weighted by Crippen LogP contribution is 2.43. The molecule has 1 unspecified atom stereocenters. The van der Waals surface area contributed by atoms with Gasteiger partial charge in [0.05, 0.1) is 0 Å². The minimum Gasteiger partial charge on any atom is -0.417 e. The quantitative estimate of drug-likeness (QED) is 0.409. The number of ketones is 1. The van der Waals surface area contributed by atoms with Crippen molar-refractivity contribution in [2.24, 2.45) is 29.6 Å².